The van der Waals surface area contributed by atoms with Gasteiger partial charge in [0, 0.05) is 17.4 Å². The first kappa shape index (κ1) is 17.4. The van der Waals surface area contributed by atoms with Gasteiger partial charge in [-0.15, -0.1) is 5.92 Å². The normalized spacial score (nSPS) is 10.3. The van der Waals surface area contributed by atoms with E-state index in [1.54, 1.807) is 31.2 Å². The number of aromatic amines is 1. The van der Waals surface area contributed by atoms with Gasteiger partial charge in [-0.05, 0) is 42.8 Å². The average molecular weight is 350 g/mol. The molecule has 6 heteroatoms. The Morgan fingerprint density at radius 3 is 2.77 bits per heavy atom. The van der Waals surface area contributed by atoms with Crippen LogP contribution in [0.1, 0.15) is 34.1 Å². The van der Waals surface area contributed by atoms with Crippen molar-refractivity contribution in [2.75, 3.05) is 7.11 Å². The first-order valence-corrected chi connectivity index (χ1v) is 7.84. The summed E-state index contributed by atoms with van der Waals surface area (Å²) in [5, 5.41) is 7.75. The topological polar surface area (TPSA) is 72.0 Å². The molecule has 0 radical (unpaired) electrons. The van der Waals surface area contributed by atoms with Crippen molar-refractivity contribution in [1.29, 1.82) is 0 Å². The number of nitrogens with zero attached hydrogens (tertiary/aromatic N) is 1. The van der Waals surface area contributed by atoms with E-state index in [1.165, 1.54) is 19.2 Å². The summed E-state index contributed by atoms with van der Waals surface area (Å²) in [7, 11) is 1.20. The first-order chi connectivity index (χ1) is 12.5. The van der Waals surface area contributed by atoms with E-state index in [-0.39, 0.29) is 11.1 Å². The standard InChI is InChI=1S/C20H15FN2O3/c1-3-4-12-5-7-14-15(9-12)18(22-23-19(14)24)11-13-6-8-17(21)16(10-13)20(25)26-2/h5-10H,11H2,1-2H3,(H,23,24). The highest BCUT2D eigenvalue weighted by Crippen LogP contribution is 2.20. The molecule has 0 aliphatic rings. The number of carbonyl (C=O) groups excluding carboxylic acids is 1. The Balaban J connectivity index is 2.10. The molecule has 0 spiro atoms. The van der Waals surface area contributed by atoms with Crippen molar-refractivity contribution in [3.05, 3.63) is 75.0 Å². The zero-order valence-corrected chi connectivity index (χ0v) is 14.2. The Morgan fingerprint density at radius 2 is 2.04 bits per heavy atom. The van der Waals surface area contributed by atoms with E-state index in [2.05, 4.69) is 26.8 Å². The summed E-state index contributed by atoms with van der Waals surface area (Å²) in [4.78, 5) is 23.7. The fraction of sp³-hybridized carbons (Fsp3) is 0.150. The fourth-order valence-electron chi connectivity index (χ4n) is 2.72. The van der Waals surface area contributed by atoms with Gasteiger partial charge in [0.2, 0.25) is 0 Å². The van der Waals surface area contributed by atoms with E-state index >= 15 is 0 Å². The molecule has 0 aliphatic carbocycles. The molecule has 2 aromatic carbocycles. The van der Waals surface area contributed by atoms with Gasteiger partial charge >= 0.3 is 5.97 Å². The third kappa shape index (κ3) is 3.33. The number of nitrogens with one attached hydrogen (secondary N) is 1. The number of halogens is 1. The zero-order valence-electron chi connectivity index (χ0n) is 14.2. The molecule has 5 nitrogen and oxygen atoms in total. The Kier molecular flexibility index (Phi) is 4.81. The summed E-state index contributed by atoms with van der Waals surface area (Å²) in [6.07, 6.45) is 0.306. The van der Waals surface area contributed by atoms with Gasteiger partial charge in [0.1, 0.15) is 5.82 Å². The fourth-order valence-corrected chi connectivity index (χ4v) is 2.72. The van der Waals surface area contributed by atoms with Crippen LogP contribution >= 0.6 is 0 Å². The number of fused-ring (bicyclic) bond motifs is 1. The van der Waals surface area contributed by atoms with Gasteiger partial charge in [0.05, 0.1) is 23.8 Å². The minimum absolute atomic E-state index is 0.142. The third-order valence-corrected chi connectivity index (χ3v) is 3.94. The van der Waals surface area contributed by atoms with Crippen LogP contribution in [0.15, 0.2) is 41.2 Å². The number of hydrogen-bond acceptors (Lipinski definition) is 4. The van der Waals surface area contributed by atoms with Crippen LogP contribution in [0.4, 0.5) is 4.39 Å². The highest BCUT2D eigenvalue weighted by atomic mass is 19.1. The molecule has 0 unspecified atom stereocenters. The number of benzene rings is 2. The maximum Gasteiger partial charge on any atom is 0.340 e. The molecular formula is C20H15FN2O3. The lowest BCUT2D eigenvalue weighted by molar-refractivity contribution is 0.0595. The second kappa shape index (κ2) is 7.19. The minimum atomic E-state index is -0.746. The quantitative estimate of drug-likeness (QED) is 0.582. The second-order valence-electron chi connectivity index (χ2n) is 5.62. The summed E-state index contributed by atoms with van der Waals surface area (Å²) in [5.41, 5.74) is 1.59. The summed E-state index contributed by atoms with van der Waals surface area (Å²) < 4.78 is 18.4. The molecule has 1 N–H and O–H groups in total. The summed E-state index contributed by atoms with van der Waals surface area (Å²) in [6.45, 7) is 1.73. The van der Waals surface area contributed by atoms with Crippen LogP contribution < -0.4 is 5.56 Å². The molecule has 3 aromatic rings. The lowest BCUT2D eigenvalue weighted by Crippen LogP contribution is -2.12. The van der Waals surface area contributed by atoms with Gasteiger partial charge in [-0.3, -0.25) is 4.79 Å². The van der Waals surface area contributed by atoms with Crippen LogP contribution in [0.3, 0.4) is 0 Å². The Bertz CT molecular complexity index is 1120. The van der Waals surface area contributed by atoms with Crippen molar-refractivity contribution in [3.63, 3.8) is 0 Å². The molecule has 130 valence electrons. The highest BCUT2D eigenvalue weighted by molar-refractivity contribution is 5.90. The zero-order chi connectivity index (χ0) is 18.7. The van der Waals surface area contributed by atoms with E-state index in [4.69, 9.17) is 0 Å². The molecule has 1 heterocycles. The van der Waals surface area contributed by atoms with Crippen molar-refractivity contribution >= 4 is 16.7 Å². The number of ether oxygens (including phenoxy) is 1. The molecule has 0 aliphatic heterocycles. The Labute approximate surface area is 148 Å². The average Bonchev–Trinajstić information content (AvgIpc) is 2.65. The number of aromatic nitrogens is 2. The van der Waals surface area contributed by atoms with Crippen LogP contribution in [0.2, 0.25) is 0 Å². The third-order valence-electron chi connectivity index (χ3n) is 3.94. The summed E-state index contributed by atoms with van der Waals surface area (Å²) >= 11 is 0. The van der Waals surface area contributed by atoms with Gasteiger partial charge in [-0.1, -0.05) is 12.0 Å². The first-order valence-electron chi connectivity index (χ1n) is 7.84. The monoisotopic (exact) mass is 350 g/mol. The summed E-state index contributed by atoms with van der Waals surface area (Å²) in [5.74, 6) is 4.37. The lowest BCUT2D eigenvalue weighted by atomic mass is 10.0. The van der Waals surface area contributed by atoms with Crippen LogP contribution in [-0.4, -0.2) is 23.3 Å². The number of rotatable bonds is 3. The second-order valence-corrected chi connectivity index (χ2v) is 5.62. The van der Waals surface area contributed by atoms with Crippen LogP contribution in [0.5, 0.6) is 0 Å². The number of carbonyl (C=O) groups is 1. The van der Waals surface area contributed by atoms with Crippen molar-refractivity contribution in [2.45, 2.75) is 13.3 Å². The van der Waals surface area contributed by atoms with E-state index in [0.29, 0.717) is 28.5 Å². The Hall–Kier alpha value is -3.46. The van der Waals surface area contributed by atoms with Gasteiger partial charge in [0.15, 0.2) is 0 Å². The van der Waals surface area contributed by atoms with Gasteiger partial charge in [0.25, 0.3) is 5.56 Å². The molecule has 0 bridgehead atoms. The minimum Gasteiger partial charge on any atom is -0.465 e. The predicted molar refractivity (Wildman–Crippen MR) is 95.5 cm³/mol. The molecule has 3 rings (SSSR count). The molecule has 0 saturated carbocycles. The van der Waals surface area contributed by atoms with E-state index in [1.807, 2.05) is 0 Å². The number of methoxy groups -OCH3 is 1. The molecule has 1 aromatic heterocycles. The largest absolute Gasteiger partial charge is 0.465 e. The van der Waals surface area contributed by atoms with Crippen LogP contribution in [0, 0.1) is 17.7 Å². The lowest BCUT2D eigenvalue weighted by Gasteiger charge is -2.08. The molecule has 0 atom stereocenters. The number of esters is 1. The molecule has 26 heavy (non-hydrogen) atoms. The summed E-state index contributed by atoms with van der Waals surface area (Å²) in [6, 6.07) is 9.47. The van der Waals surface area contributed by atoms with Crippen molar-refractivity contribution in [1.82, 2.24) is 10.2 Å². The van der Waals surface area contributed by atoms with Crippen molar-refractivity contribution < 1.29 is 13.9 Å². The molecule has 0 amide bonds. The highest BCUT2D eigenvalue weighted by Gasteiger charge is 2.14. The predicted octanol–water partition coefficient (Wildman–Crippen LogP) is 2.81. The smallest absolute Gasteiger partial charge is 0.340 e. The van der Waals surface area contributed by atoms with Crippen LogP contribution in [-0.2, 0) is 11.2 Å². The molecular weight excluding hydrogens is 335 g/mol. The Morgan fingerprint density at radius 1 is 1.23 bits per heavy atom. The number of H-pyrrole nitrogens is 1. The molecule has 0 saturated heterocycles. The number of hydrogen-bond donors (Lipinski definition) is 1. The van der Waals surface area contributed by atoms with E-state index in [0.717, 1.165) is 5.56 Å². The van der Waals surface area contributed by atoms with Crippen LogP contribution in [0.25, 0.3) is 10.8 Å². The molecule has 0 fully saturated rings. The van der Waals surface area contributed by atoms with Gasteiger partial charge in [-0.25, -0.2) is 14.3 Å². The van der Waals surface area contributed by atoms with Gasteiger partial charge < -0.3 is 4.74 Å². The SMILES string of the molecule is CC#Cc1ccc2c(=O)[nH]nc(Cc3ccc(F)c(C(=O)OC)c3)c2c1. The van der Waals surface area contributed by atoms with Crippen molar-refractivity contribution in [2.24, 2.45) is 0 Å². The maximum atomic E-state index is 13.8. The van der Waals surface area contributed by atoms with E-state index < -0.39 is 11.8 Å². The van der Waals surface area contributed by atoms with E-state index in [9.17, 15) is 14.0 Å². The maximum absolute atomic E-state index is 13.8. The van der Waals surface area contributed by atoms with Gasteiger partial charge in [-0.2, -0.15) is 5.10 Å². The van der Waals surface area contributed by atoms with Crippen molar-refractivity contribution in [3.8, 4) is 11.8 Å².